The molecule has 0 saturated carbocycles. The summed E-state index contributed by atoms with van der Waals surface area (Å²) in [6.07, 6.45) is -0.871. The highest BCUT2D eigenvalue weighted by Gasteiger charge is 2.28. The Morgan fingerprint density at radius 1 is 1.61 bits per heavy atom. The summed E-state index contributed by atoms with van der Waals surface area (Å²) in [7, 11) is 0. The molecule has 122 valence electrons. The molecule has 2 aromatic heterocycles. The first-order chi connectivity index (χ1) is 11.1. The summed E-state index contributed by atoms with van der Waals surface area (Å²) in [5.74, 6) is -1.89. The largest absolute Gasteiger partial charge is 0.391 e. The van der Waals surface area contributed by atoms with Crippen LogP contribution in [0.3, 0.4) is 0 Å². The Kier molecular flexibility index (Phi) is 4.48. The van der Waals surface area contributed by atoms with Crippen LogP contribution in [-0.4, -0.2) is 40.1 Å². The van der Waals surface area contributed by atoms with E-state index in [1.54, 1.807) is 17.5 Å². The fraction of sp³-hybridized carbons (Fsp3) is 0.308. The number of hydrogen-bond donors (Lipinski definition) is 2. The zero-order valence-corrected chi connectivity index (χ0v) is 12.5. The van der Waals surface area contributed by atoms with Crippen molar-refractivity contribution in [2.75, 3.05) is 18.5 Å². The van der Waals surface area contributed by atoms with Gasteiger partial charge in [0.1, 0.15) is 0 Å². The monoisotopic (exact) mass is 341 g/mol. The van der Waals surface area contributed by atoms with Gasteiger partial charge < -0.3 is 19.9 Å². The van der Waals surface area contributed by atoms with Crippen LogP contribution in [0.5, 0.6) is 0 Å². The highest BCUT2D eigenvalue weighted by Crippen LogP contribution is 2.20. The molecule has 0 aliphatic carbocycles. The number of ether oxygens (including phenoxy) is 2. The summed E-state index contributed by atoms with van der Waals surface area (Å²) in [6.45, 7) is -0.400. The van der Waals surface area contributed by atoms with E-state index in [0.29, 0.717) is 4.88 Å². The molecule has 3 rings (SSSR count). The fourth-order valence-corrected chi connectivity index (χ4v) is 2.62. The molecule has 2 N–H and O–H groups in total. The lowest BCUT2D eigenvalue weighted by Gasteiger charge is -2.13. The third-order valence-electron chi connectivity index (χ3n) is 3.08. The van der Waals surface area contributed by atoms with E-state index in [9.17, 15) is 14.0 Å². The standard InChI is InChI=1S/C13H12FN3O5S/c14-7-4-17(9-6-21-10(5-18)22-9)13(20)16-11(7)15-12(19)8-2-1-3-23-8/h1-4,9-10,18H,5-6H2,(H,15,16,19,20). The van der Waals surface area contributed by atoms with Crippen molar-refractivity contribution in [2.24, 2.45) is 0 Å². The smallest absolute Gasteiger partial charge is 0.351 e. The van der Waals surface area contributed by atoms with E-state index < -0.39 is 35.7 Å². The molecule has 23 heavy (non-hydrogen) atoms. The molecular weight excluding hydrogens is 329 g/mol. The van der Waals surface area contributed by atoms with E-state index in [0.717, 1.165) is 10.8 Å². The molecule has 1 aliphatic rings. The Balaban J connectivity index is 1.81. The second-order valence-corrected chi connectivity index (χ2v) is 5.54. The van der Waals surface area contributed by atoms with Crippen LogP contribution in [0, 0.1) is 5.82 Å². The summed E-state index contributed by atoms with van der Waals surface area (Å²) in [4.78, 5) is 27.7. The predicted octanol–water partition coefficient (Wildman–Crippen LogP) is 0.560. The number of aliphatic hydroxyl groups excluding tert-OH is 1. The number of thiophene rings is 1. The van der Waals surface area contributed by atoms with Gasteiger partial charge in [-0.3, -0.25) is 9.36 Å². The van der Waals surface area contributed by atoms with Crippen LogP contribution in [-0.2, 0) is 9.47 Å². The van der Waals surface area contributed by atoms with Gasteiger partial charge in [0, 0.05) is 0 Å². The molecule has 1 amide bonds. The Morgan fingerprint density at radius 2 is 2.43 bits per heavy atom. The van der Waals surface area contributed by atoms with Gasteiger partial charge >= 0.3 is 5.69 Å². The maximum Gasteiger partial charge on any atom is 0.351 e. The summed E-state index contributed by atoms with van der Waals surface area (Å²) >= 11 is 1.18. The van der Waals surface area contributed by atoms with Gasteiger partial charge in [-0.15, -0.1) is 11.3 Å². The van der Waals surface area contributed by atoms with Crippen LogP contribution in [0.15, 0.2) is 28.5 Å². The van der Waals surface area contributed by atoms with Crippen LogP contribution < -0.4 is 11.0 Å². The first-order valence-electron chi connectivity index (χ1n) is 6.60. The van der Waals surface area contributed by atoms with Gasteiger partial charge in [0.05, 0.1) is 24.3 Å². The van der Waals surface area contributed by atoms with Crippen molar-refractivity contribution in [2.45, 2.75) is 12.5 Å². The Hall–Kier alpha value is -2.14. The van der Waals surface area contributed by atoms with Crippen molar-refractivity contribution in [3.05, 3.63) is 44.9 Å². The van der Waals surface area contributed by atoms with Crippen molar-refractivity contribution >= 4 is 23.1 Å². The fourth-order valence-electron chi connectivity index (χ4n) is 2.00. The molecule has 3 heterocycles. The number of aliphatic hydroxyl groups is 1. The van der Waals surface area contributed by atoms with Crippen LogP contribution >= 0.6 is 11.3 Å². The summed E-state index contributed by atoms with van der Waals surface area (Å²) < 4.78 is 25.3. The first-order valence-corrected chi connectivity index (χ1v) is 7.48. The van der Waals surface area contributed by atoms with Gasteiger partial charge in [-0.1, -0.05) is 6.07 Å². The molecule has 0 aromatic carbocycles. The summed E-state index contributed by atoms with van der Waals surface area (Å²) in [5.41, 5.74) is -0.805. The lowest BCUT2D eigenvalue weighted by molar-refractivity contribution is -0.0993. The molecule has 0 radical (unpaired) electrons. The van der Waals surface area contributed by atoms with Crippen molar-refractivity contribution in [3.63, 3.8) is 0 Å². The second kappa shape index (κ2) is 6.54. The van der Waals surface area contributed by atoms with E-state index in [-0.39, 0.29) is 13.2 Å². The van der Waals surface area contributed by atoms with Crippen LogP contribution in [0.2, 0.25) is 0 Å². The van der Waals surface area contributed by atoms with Crippen LogP contribution in [0.25, 0.3) is 0 Å². The van der Waals surface area contributed by atoms with E-state index >= 15 is 0 Å². The maximum absolute atomic E-state index is 14.1. The molecule has 0 spiro atoms. The molecule has 1 aliphatic heterocycles. The normalized spacial score (nSPS) is 20.6. The number of amides is 1. The van der Waals surface area contributed by atoms with Crippen molar-refractivity contribution < 1.29 is 23.8 Å². The highest BCUT2D eigenvalue weighted by atomic mass is 32.1. The topological polar surface area (TPSA) is 103 Å². The maximum atomic E-state index is 14.1. The van der Waals surface area contributed by atoms with Gasteiger partial charge in [-0.05, 0) is 11.4 Å². The minimum Gasteiger partial charge on any atom is -0.391 e. The number of rotatable bonds is 4. The quantitative estimate of drug-likeness (QED) is 0.842. The highest BCUT2D eigenvalue weighted by molar-refractivity contribution is 7.12. The van der Waals surface area contributed by atoms with Gasteiger partial charge in [0.25, 0.3) is 5.91 Å². The number of anilines is 1. The van der Waals surface area contributed by atoms with Crippen molar-refractivity contribution in [3.8, 4) is 0 Å². The third kappa shape index (κ3) is 3.29. The molecule has 1 saturated heterocycles. The van der Waals surface area contributed by atoms with Gasteiger partial charge in [-0.25, -0.2) is 9.18 Å². The van der Waals surface area contributed by atoms with Gasteiger partial charge in [0.15, 0.2) is 24.2 Å². The number of carbonyl (C=O) groups is 1. The number of hydrogen-bond acceptors (Lipinski definition) is 7. The Labute approximate surface area is 133 Å². The number of carbonyl (C=O) groups excluding carboxylic acids is 1. The molecule has 1 fully saturated rings. The Bertz CT molecular complexity index is 763. The van der Waals surface area contributed by atoms with Crippen LogP contribution in [0.4, 0.5) is 10.2 Å². The van der Waals surface area contributed by atoms with Crippen molar-refractivity contribution in [1.82, 2.24) is 9.55 Å². The molecule has 10 heteroatoms. The zero-order chi connectivity index (χ0) is 16.4. The zero-order valence-electron chi connectivity index (χ0n) is 11.6. The molecule has 2 aromatic rings. The summed E-state index contributed by atoms with van der Waals surface area (Å²) in [5, 5.41) is 12.9. The second-order valence-electron chi connectivity index (χ2n) is 4.59. The minimum atomic E-state index is -0.885. The van der Waals surface area contributed by atoms with Crippen molar-refractivity contribution in [1.29, 1.82) is 0 Å². The third-order valence-corrected chi connectivity index (χ3v) is 3.95. The van der Waals surface area contributed by atoms with E-state index in [1.165, 1.54) is 11.3 Å². The SMILES string of the molecule is O=C(Nc1nc(=O)n(C2COC(CO)O2)cc1F)c1cccs1. The number of nitrogens with zero attached hydrogens (tertiary/aromatic N) is 2. The average Bonchev–Trinajstić information content (AvgIpc) is 3.21. The minimum absolute atomic E-state index is 0.0207. The van der Waals surface area contributed by atoms with E-state index in [2.05, 4.69) is 10.3 Å². The molecule has 2 unspecified atom stereocenters. The number of halogens is 1. The average molecular weight is 341 g/mol. The van der Waals surface area contributed by atoms with E-state index in [4.69, 9.17) is 14.6 Å². The molecule has 0 bridgehead atoms. The molecular formula is C13H12FN3O5S. The molecule has 8 nitrogen and oxygen atoms in total. The molecule has 2 atom stereocenters. The van der Waals surface area contributed by atoms with Gasteiger partial charge in [-0.2, -0.15) is 4.98 Å². The number of aromatic nitrogens is 2. The Morgan fingerprint density at radius 3 is 3.09 bits per heavy atom. The number of nitrogens with one attached hydrogen (secondary N) is 1. The van der Waals surface area contributed by atoms with Crippen LogP contribution in [0.1, 0.15) is 15.9 Å². The first kappa shape index (κ1) is 15.7. The lowest BCUT2D eigenvalue weighted by atomic mass is 10.4. The predicted molar refractivity (Wildman–Crippen MR) is 77.7 cm³/mol. The van der Waals surface area contributed by atoms with E-state index in [1.807, 2.05) is 0 Å². The summed E-state index contributed by atoms with van der Waals surface area (Å²) in [6, 6.07) is 3.24. The van der Waals surface area contributed by atoms with Gasteiger partial charge in [0.2, 0.25) is 0 Å². The lowest BCUT2D eigenvalue weighted by Crippen LogP contribution is -2.30.